The summed E-state index contributed by atoms with van der Waals surface area (Å²) in [6, 6.07) is 8.46. The topological polar surface area (TPSA) is 50.4 Å². The largest absolute Gasteiger partial charge is 0.368 e. The molecule has 1 aromatic carbocycles. The lowest BCUT2D eigenvalue weighted by Gasteiger charge is -2.27. The fourth-order valence-corrected chi connectivity index (χ4v) is 4.01. The number of hydrogen-bond donors (Lipinski definition) is 2. The Morgan fingerprint density at radius 1 is 1.29 bits per heavy atom. The van der Waals surface area contributed by atoms with Crippen LogP contribution in [0.5, 0.6) is 0 Å². The van der Waals surface area contributed by atoms with Gasteiger partial charge in [-0.2, -0.15) is 0 Å². The van der Waals surface area contributed by atoms with Crippen molar-refractivity contribution in [2.45, 2.75) is 36.3 Å². The number of fused-ring (bicyclic) bond motifs is 1. The summed E-state index contributed by atoms with van der Waals surface area (Å²) in [5.74, 6) is 1.05. The van der Waals surface area contributed by atoms with Gasteiger partial charge in [-0.1, -0.05) is 18.2 Å². The maximum atomic E-state index is 12.1. The third kappa shape index (κ3) is 3.99. The lowest BCUT2D eigenvalue weighted by Crippen LogP contribution is -2.37. The van der Waals surface area contributed by atoms with E-state index in [9.17, 15) is 4.79 Å². The van der Waals surface area contributed by atoms with E-state index in [2.05, 4.69) is 28.8 Å². The molecule has 21 heavy (non-hydrogen) atoms. The van der Waals surface area contributed by atoms with Crippen LogP contribution in [0.3, 0.4) is 0 Å². The summed E-state index contributed by atoms with van der Waals surface area (Å²) in [6.07, 6.45) is 3.21. The average Bonchev–Trinajstić information content (AvgIpc) is 2.54. The number of benzene rings is 1. The monoisotopic (exact) mass is 306 g/mol. The molecule has 1 saturated heterocycles. The first-order chi connectivity index (χ1) is 10.3. The van der Waals surface area contributed by atoms with Gasteiger partial charge in [0.1, 0.15) is 6.61 Å². The van der Waals surface area contributed by atoms with Crippen molar-refractivity contribution in [2.75, 3.05) is 25.4 Å². The van der Waals surface area contributed by atoms with Gasteiger partial charge in [-0.3, -0.25) is 4.79 Å². The number of amides is 1. The summed E-state index contributed by atoms with van der Waals surface area (Å²) < 4.78 is 5.72. The van der Waals surface area contributed by atoms with Crippen LogP contribution in [-0.2, 0) is 9.53 Å². The summed E-state index contributed by atoms with van der Waals surface area (Å²) in [7, 11) is 0. The third-order valence-corrected chi connectivity index (χ3v) is 5.15. The molecular weight excluding hydrogens is 284 g/mol. The van der Waals surface area contributed by atoms with Crippen molar-refractivity contribution >= 4 is 17.7 Å². The standard InChI is InChI=1S/C16H22N2O2S/c19-16(11-20-12-5-8-17-9-6-12)18-14-7-10-21-15-4-2-1-3-13(14)15/h1-4,12,14,17H,5-11H2,(H,18,19). The van der Waals surface area contributed by atoms with Gasteiger partial charge in [0.05, 0.1) is 12.1 Å². The summed E-state index contributed by atoms with van der Waals surface area (Å²) >= 11 is 1.87. The Hall–Kier alpha value is -1.04. The Labute approximate surface area is 130 Å². The Morgan fingerprint density at radius 3 is 2.95 bits per heavy atom. The van der Waals surface area contributed by atoms with Gasteiger partial charge in [0.2, 0.25) is 5.91 Å². The fourth-order valence-electron chi connectivity index (χ4n) is 2.88. The van der Waals surface area contributed by atoms with E-state index in [1.54, 1.807) is 0 Å². The Kier molecular flexibility index (Phi) is 5.17. The molecule has 0 bridgehead atoms. The number of carbonyl (C=O) groups excluding carboxylic acids is 1. The second kappa shape index (κ2) is 7.29. The van der Waals surface area contributed by atoms with Crippen LogP contribution in [0.15, 0.2) is 29.2 Å². The SMILES string of the molecule is O=C(COC1CCNCC1)NC1CCSc2ccccc21. The van der Waals surface area contributed by atoms with Crippen LogP contribution in [0.25, 0.3) is 0 Å². The smallest absolute Gasteiger partial charge is 0.246 e. The first-order valence-electron chi connectivity index (χ1n) is 7.66. The summed E-state index contributed by atoms with van der Waals surface area (Å²) in [5, 5.41) is 6.42. The zero-order chi connectivity index (χ0) is 14.5. The molecule has 2 aliphatic rings. The van der Waals surface area contributed by atoms with E-state index >= 15 is 0 Å². The number of ether oxygens (including phenoxy) is 1. The van der Waals surface area contributed by atoms with Crippen molar-refractivity contribution in [2.24, 2.45) is 0 Å². The molecule has 0 radical (unpaired) electrons. The van der Waals surface area contributed by atoms with Crippen LogP contribution in [0.1, 0.15) is 30.9 Å². The summed E-state index contributed by atoms with van der Waals surface area (Å²) in [6.45, 7) is 2.15. The van der Waals surface area contributed by atoms with Crippen LogP contribution in [0.4, 0.5) is 0 Å². The predicted molar refractivity (Wildman–Crippen MR) is 84.5 cm³/mol. The lowest BCUT2D eigenvalue weighted by atomic mass is 10.0. The van der Waals surface area contributed by atoms with E-state index in [1.807, 2.05) is 17.8 Å². The van der Waals surface area contributed by atoms with Gasteiger partial charge >= 0.3 is 0 Å². The van der Waals surface area contributed by atoms with Crippen LogP contribution in [-0.4, -0.2) is 37.5 Å². The number of carbonyl (C=O) groups is 1. The first kappa shape index (κ1) is 14.9. The quantitative estimate of drug-likeness (QED) is 0.894. The Balaban J connectivity index is 1.51. The molecule has 1 amide bonds. The molecule has 5 heteroatoms. The van der Waals surface area contributed by atoms with Gasteiger partial charge in [-0.15, -0.1) is 11.8 Å². The number of thioether (sulfide) groups is 1. The van der Waals surface area contributed by atoms with Crippen molar-refractivity contribution in [1.29, 1.82) is 0 Å². The van der Waals surface area contributed by atoms with Gasteiger partial charge in [0.15, 0.2) is 0 Å². The number of piperidine rings is 1. The molecule has 2 N–H and O–H groups in total. The van der Waals surface area contributed by atoms with E-state index in [-0.39, 0.29) is 24.7 Å². The van der Waals surface area contributed by atoms with Crippen LogP contribution in [0.2, 0.25) is 0 Å². The molecule has 0 aliphatic carbocycles. The molecule has 4 nitrogen and oxygen atoms in total. The fraction of sp³-hybridized carbons (Fsp3) is 0.562. The summed E-state index contributed by atoms with van der Waals surface area (Å²) in [5.41, 5.74) is 1.24. The molecule has 3 rings (SSSR count). The molecule has 1 aromatic rings. The second-order valence-corrected chi connectivity index (χ2v) is 6.69. The maximum Gasteiger partial charge on any atom is 0.246 e. The number of hydrogen-bond acceptors (Lipinski definition) is 4. The summed E-state index contributed by atoms with van der Waals surface area (Å²) in [4.78, 5) is 13.4. The molecule has 1 unspecified atom stereocenters. The zero-order valence-electron chi connectivity index (χ0n) is 12.1. The molecule has 1 fully saturated rings. The number of rotatable bonds is 4. The highest BCUT2D eigenvalue weighted by Gasteiger charge is 2.22. The first-order valence-corrected chi connectivity index (χ1v) is 8.65. The molecule has 1 atom stereocenters. The minimum absolute atomic E-state index is 0.000218. The van der Waals surface area contributed by atoms with Crippen LogP contribution in [0, 0.1) is 0 Å². The van der Waals surface area contributed by atoms with E-state index in [1.165, 1.54) is 10.5 Å². The average molecular weight is 306 g/mol. The molecule has 0 aromatic heterocycles. The maximum absolute atomic E-state index is 12.1. The van der Waals surface area contributed by atoms with Crippen molar-refractivity contribution in [3.8, 4) is 0 Å². The minimum Gasteiger partial charge on any atom is -0.368 e. The van der Waals surface area contributed by atoms with Gasteiger partial charge < -0.3 is 15.4 Å². The molecule has 2 heterocycles. The van der Waals surface area contributed by atoms with E-state index in [0.29, 0.717) is 0 Å². The highest BCUT2D eigenvalue weighted by atomic mass is 32.2. The normalized spacial score (nSPS) is 22.6. The van der Waals surface area contributed by atoms with E-state index in [4.69, 9.17) is 4.74 Å². The van der Waals surface area contributed by atoms with Gasteiger partial charge in [-0.25, -0.2) is 0 Å². The van der Waals surface area contributed by atoms with Crippen molar-refractivity contribution in [1.82, 2.24) is 10.6 Å². The van der Waals surface area contributed by atoms with Crippen LogP contribution >= 0.6 is 11.8 Å². The van der Waals surface area contributed by atoms with Crippen molar-refractivity contribution in [3.63, 3.8) is 0 Å². The van der Waals surface area contributed by atoms with Gasteiger partial charge in [0, 0.05) is 10.6 Å². The van der Waals surface area contributed by atoms with Crippen LogP contribution < -0.4 is 10.6 Å². The molecule has 2 aliphatic heterocycles. The highest BCUT2D eigenvalue weighted by Crippen LogP contribution is 2.35. The third-order valence-electron chi connectivity index (χ3n) is 4.03. The van der Waals surface area contributed by atoms with Gasteiger partial charge in [0.25, 0.3) is 0 Å². The van der Waals surface area contributed by atoms with Crippen molar-refractivity contribution in [3.05, 3.63) is 29.8 Å². The van der Waals surface area contributed by atoms with Gasteiger partial charge in [-0.05, 0) is 44.0 Å². The molecule has 0 spiro atoms. The second-order valence-electron chi connectivity index (χ2n) is 5.56. The zero-order valence-corrected chi connectivity index (χ0v) is 13.0. The van der Waals surface area contributed by atoms with E-state index in [0.717, 1.165) is 38.1 Å². The predicted octanol–water partition coefficient (Wildman–Crippen LogP) is 2.11. The number of nitrogens with one attached hydrogen (secondary N) is 2. The Morgan fingerprint density at radius 2 is 2.10 bits per heavy atom. The lowest BCUT2D eigenvalue weighted by molar-refractivity contribution is -0.129. The molecular formula is C16H22N2O2S. The minimum atomic E-state index is 0.000218. The van der Waals surface area contributed by atoms with E-state index < -0.39 is 0 Å². The Bertz CT molecular complexity index is 489. The molecule has 0 saturated carbocycles. The molecule has 114 valence electrons. The van der Waals surface area contributed by atoms with Crippen molar-refractivity contribution < 1.29 is 9.53 Å². The highest BCUT2D eigenvalue weighted by molar-refractivity contribution is 7.99.